The molecule has 0 spiro atoms. The monoisotopic (exact) mass is 176 g/mol. The number of allylic oxidation sites excluding steroid dienone is 1. The SMILES string of the molecule is C#CC1=CCS(=S)(=S)O1. The molecule has 48 valence electrons. The Balaban J connectivity index is 2.87. The van der Waals surface area contributed by atoms with Crippen LogP contribution in [0.3, 0.4) is 0 Å². The van der Waals surface area contributed by atoms with Crippen molar-refractivity contribution >= 4 is 29.8 Å². The second-order valence-corrected chi connectivity index (χ2v) is 7.00. The van der Waals surface area contributed by atoms with E-state index in [0.29, 0.717) is 11.5 Å². The summed E-state index contributed by atoms with van der Waals surface area (Å²) in [4.78, 5) is 0. The number of hydrogen-bond donors (Lipinski definition) is 0. The van der Waals surface area contributed by atoms with Crippen molar-refractivity contribution in [1.82, 2.24) is 0 Å². The van der Waals surface area contributed by atoms with Crippen molar-refractivity contribution in [2.75, 3.05) is 5.75 Å². The average molecular weight is 176 g/mol. The maximum absolute atomic E-state index is 5.04. The fraction of sp³-hybridized carbons (Fsp3) is 0.200. The minimum atomic E-state index is -1.68. The quantitative estimate of drug-likeness (QED) is 0.498. The van der Waals surface area contributed by atoms with E-state index < -0.39 is 7.43 Å². The molecule has 0 radical (unpaired) electrons. The lowest BCUT2D eigenvalue weighted by molar-refractivity contribution is 0.535. The lowest BCUT2D eigenvalue weighted by atomic mass is 10.5. The summed E-state index contributed by atoms with van der Waals surface area (Å²) in [6.45, 7) is 0. The van der Waals surface area contributed by atoms with Crippen molar-refractivity contribution in [3.63, 3.8) is 0 Å². The van der Waals surface area contributed by atoms with Crippen molar-refractivity contribution in [2.24, 2.45) is 0 Å². The molecule has 1 nitrogen and oxygen atoms in total. The molecule has 1 aliphatic rings. The van der Waals surface area contributed by atoms with Crippen LogP contribution < -0.4 is 0 Å². The van der Waals surface area contributed by atoms with Gasteiger partial charge in [-0.2, -0.15) is 0 Å². The van der Waals surface area contributed by atoms with E-state index in [2.05, 4.69) is 5.92 Å². The van der Waals surface area contributed by atoms with Gasteiger partial charge in [0.05, 0.1) is 13.2 Å². The van der Waals surface area contributed by atoms with Gasteiger partial charge in [0.1, 0.15) is 0 Å². The Labute approximate surface area is 64.1 Å². The lowest BCUT2D eigenvalue weighted by Crippen LogP contribution is -1.94. The van der Waals surface area contributed by atoms with Gasteiger partial charge in [-0.3, -0.25) is 0 Å². The van der Waals surface area contributed by atoms with Crippen LogP contribution in [-0.2, 0) is 34.0 Å². The highest BCUT2D eigenvalue weighted by molar-refractivity contribution is 8.54. The molecule has 1 heterocycles. The molecule has 0 amide bonds. The van der Waals surface area contributed by atoms with Crippen molar-refractivity contribution in [3.05, 3.63) is 11.8 Å². The number of terminal acetylenes is 1. The highest BCUT2D eigenvalue weighted by Crippen LogP contribution is 2.12. The van der Waals surface area contributed by atoms with Crippen molar-refractivity contribution in [3.8, 4) is 12.3 Å². The number of rotatable bonds is 0. The van der Waals surface area contributed by atoms with Crippen molar-refractivity contribution in [1.29, 1.82) is 0 Å². The van der Waals surface area contributed by atoms with Crippen LogP contribution >= 0.6 is 0 Å². The lowest BCUT2D eigenvalue weighted by Gasteiger charge is -1.98. The Morgan fingerprint density at radius 2 is 2.44 bits per heavy atom. The Bertz CT molecular complexity index is 278. The Kier molecular flexibility index (Phi) is 1.75. The van der Waals surface area contributed by atoms with Gasteiger partial charge in [0.2, 0.25) is 0 Å². The maximum atomic E-state index is 5.04. The van der Waals surface area contributed by atoms with E-state index in [-0.39, 0.29) is 0 Å². The second-order valence-electron chi connectivity index (χ2n) is 1.52. The Morgan fingerprint density at radius 1 is 1.78 bits per heavy atom. The van der Waals surface area contributed by atoms with Gasteiger partial charge in [0.25, 0.3) is 0 Å². The van der Waals surface area contributed by atoms with Gasteiger partial charge in [-0.05, 0) is 34.4 Å². The first-order valence-electron chi connectivity index (χ1n) is 2.23. The number of hydrogen-bond acceptors (Lipinski definition) is 3. The first-order chi connectivity index (χ1) is 4.14. The zero-order valence-corrected chi connectivity index (χ0v) is 6.94. The average Bonchev–Trinajstić information content (AvgIpc) is 2.10. The van der Waals surface area contributed by atoms with Crippen LogP contribution in [0.1, 0.15) is 0 Å². The molecule has 0 saturated heterocycles. The topological polar surface area (TPSA) is 9.23 Å². The first kappa shape index (κ1) is 7.00. The molecule has 0 saturated carbocycles. The summed E-state index contributed by atoms with van der Waals surface area (Å²) in [5.74, 6) is 3.49. The van der Waals surface area contributed by atoms with Crippen molar-refractivity contribution < 1.29 is 4.18 Å². The highest BCUT2D eigenvalue weighted by Gasteiger charge is 2.11. The molecule has 4 heteroatoms. The largest absolute Gasteiger partial charge is 0.413 e. The van der Waals surface area contributed by atoms with E-state index >= 15 is 0 Å². The van der Waals surface area contributed by atoms with Crippen LogP contribution in [0.4, 0.5) is 0 Å². The third kappa shape index (κ3) is 1.65. The van der Waals surface area contributed by atoms with Crippen LogP contribution in [0.25, 0.3) is 0 Å². The fourth-order valence-corrected chi connectivity index (χ4v) is 2.13. The molecule has 0 N–H and O–H groups in total. The Hall–Kier alpha value is -0.110. The predicted molar refractivity (Wildman–Crippen MR) is 45.0 cm³/mol. The van der Waals surface area contributed by atoms with Crippen LogP contribution in [-0.4, -0.2) is 5.75 Å². The molecule has 0 aromatic rings. The zero-order valence-electron chi connectivity index (χ0n) is 4.49. The zero-order chi connectivity index (χ0) is 6.91. The van der Waals surface area contributed by atoms with Gasteiger partial charge < -0.3 is 4.18 Å². The van der Waals surface area contributed by atoms with Crippen molar-refractivity contribution in [2.45, 2.75) is 0 Å². The molecule has 1 aliphatic heterocycles. The molecule has 0 bridgehead atoms. The molecular weight excluding hydrogens is 172 g/mol. The smallest absolute Gasteiger partial charge is 0.184 e. The van der Waals surface area contributed by atoms with E-state index in [9.17, 15) is 0 Å². The maximum Gasteiger partial charge on any atom is 0.184 e. The van der Waals surface area contributed by atoms with E-state index in [1.54, 1.807) is 6.08 Å². The molecule has 0 atom stereocenters. The second kappa shape index (κ2) is 2.25. The van der Waals surface area contributed by atoms with Crippen LogP contribution in [0.2, 0.25) is 0 Å². The Morgan fingerprint density at radius 3 is 2.67 bits per heavy atom. The fourth-order valence-electron chi connectivity index (χ4n) is 0.466. The summed E-state index contributed by atoms with van der Waals surface area (Å²) in [6, 6.07) is 0. The van der Waals surface area contributed by atoms with E-state index in [4.69, 9.17) is 33.0 Å². The van der Waals surface area contributed by atoms with E-state index in [1.165, 1.54) is 0 Å². The van der Waals surface area contributed by atoms with Crippen LogP contribution in [0, 0.1) is 12.3 Å². The summed E-state index contributed by atoms with van der Waals surface area (Å²) in [5, 5.41) is 0. The third-order valence-electron chi connectivity index (χ3n) is 0.832. The summed E-state index contributed by atoms with van der Waals surface area (Å²) in [5.41, 5.74) is 0. The summed E-state index contributed by atoms with van der Waals surface area (Å²) in [6.07, 6.45) is 6.81. The van der Waals surface area contributed by atoms with Crippen LogP contribution in [0.5, 0.6) is 0 Å². The van der Waals surface area contributed by atoms with Gasteiger partial charge >= 0.3 is 0 Å². The molecule has 0 aliphatic carbocycles. The summed E-state index contributed by atoms with van der Waals surface area (Å²) >= 11 is 9.76. The molecule has 9 heavy (non-hydrogen) atoms. The molecule has 1 rings (SSSR count). The van der Waals surface area contributed by atoms with Crippen LogP contribution in [0.15, 0.2) is 11.8 Å². The molecule has 0 aromatic heterocycles. The van der Waals surface area contributed by atoms with Gasteiger partial charge in [0.15, 0.2) is 5.76 Å². The minimum Gasteiger partial charge on any atom is -0.413 e. The molecule has 0 unspecified atom stereocenters. The minimum absolute atomic E-state index is 0.509. The van der Waals surface area contributed by atoms with E-state index in [0.717, 1.165) is 0 Å². The normalized spacial score (nSPS) is 21.9. The van der Waals surface area contributed by atoms with E-state index in [1.807, 2.05) is 0 Å². The third-order valence-corrected chi connectivity index (χ3v) is 3.07. The summed E-state index contributed by atoms with van der Waals surface area (Å²) < 4.78 is 5.04. The standard InChI is InChI=1S/C5H4OS3/c1-2-5-3-4-9(7,8)6-5/h1,3H,4H2. The highest BCUT2D eigenvalue weighted by atomic mass is 33.1. The van der Waals surface area contributed by atoms with Gasteiger partial charge in [0, 0.05) is 0 Å². The molecular formula is C5H4OS3. The van der Waals surface area contributed by atoms with Gasteiger partial charge in [-0.15, -0.1) is 6.42 Å². The van der Waals surface area contributed by atoms with Gasteiger partial charge in [-0.25, -0.2) is 0 Å². The first-order valence-corrected chi connectivity index (χ1v) is 5.81. The predicted octanol–water partition coefficient (Wildman–Crippen LogP) is 0.526. The van der Waals surface area contributed by atoms with Gasteiger partial charge in [-0.1, -0.05) is 0 Å². The summed E-state index contributed by atoms with van der Waals surface area (Å²) in [7, 11) is -1.68. The molecule has 0 aromatic carbocycles. The molecule has 0 fully saturated rings.